The number of carbonyl (C=O) groups is 2. The Kier molecular flexibility index (Phi) is 5.72. The van der Waals surface area contributed by atoms with Crippen LogP contribution in [0.1, 0.15) is 16.1 Å². The summed E-state index contributed by atoms with van der Waals surface area (Å²) in [5.41, 5.74) is 1.72. The zero-order chi connectivity index (χ0) is 20.9. The number of hydrogen-bond acceptors (Lipinski definition) is 5. The van der Waals surface area contributed by atoms with Crippen molar-refractivity contribution < 1.29 is 14.3 Å². The Labute approximate surface area is 177 Å². The number of halogens is 1. The van der Waals surface area contributed by atoms with Gasteiger partial charge < -0.3 is 10.1 Å². The molecule has 0 atom stereocenters. The van der Waals surface area contributed by atoms with Crippen molar-refractivity contribution >= 4 is 40.3 Å². The Morgan fingerprint density at radius 3 is 2.70 bits per heavy atom. The van der Waals surface area contributed by atoms with Crippen LogP contribution < -0.4 is 10.1 Å². The van der Waals surface area contributed by atoms with Gasteiger partial charge in [0, 0.05) is 10.7 Å². The summed E-state index contributed by atoms with van der Waals surface area (Å²) >= 11 is 5.85. The van der Waals surface area contributed by atoms with Crippen LogP contribution >= 0.6 is 11.6 Å². The Hall–Kier alpha value is -3.71. The molecule has 4 aromatic rings. The highest BCUT2D eigenvalue weighted by molar-refractivity contribution is 6.30. The molecule has 0 aliphatic rings. The third-order valence-electron chi connectivity index (χ3n) is 4.54. The predicted octanol–water partition coefficient (Wildman–Crippen LogP) is 4.11. The fraction of sp³-hybridized carbons (Fsp3) is 0.0909. The van der Waals surface area contributed by atoms with E-state index in [1.54, 1.807) is 30.3 Å². The molecule has 8 heteroatoms. The van der Waals surface area contributed by atoms with E-state index < -0.39 is 0 Å². The molecule has 0 fully saturated rings. The molecule has 150 valence electrons. The molecule has 0 aliphatic heterocycles. The highest BCUT2D eigenvalue weighted by Gasteiger charge is 2.12. The summed E-state index contributed by atoms with van der Waals surface area (Å²) in [7, 11) is 0. The Morgan fingerprint density at radius 2 is 1.90 bits per heavy atom. The monoisotopic (exact) mass is 420 g/mol. The number of rotatable bonds is 7. The maximum absolute atomic E-state index is 12.3. The second-order valence-electron chi connectivity index (χ2n) is 6.54. The summed E-state index contributed by atoms with van der Waals surface area (Å²) in [6.07, 6.45) is 2.31. The van der Waals surface area contributed by atoms with E-state index in [4.69, 9.17) is 16.3 Å². The zero-order valence-corrected chi connectivity index (χ0v) is 16.5. The minimum absolute atomic E-state index is 0.0282. The Bertz CT molecular complexity index is 1200. The standard InChI is InChI=1S/C22H17ClN4O3/c23-16-6-8-17(9-7-16)25-22(29)12-27-18(11-24-26-27)14-30-21-10-5-15-3-1-2-4-19(15)20(21)13-28/h1-11,13H,12,14H2,(H,25,29). The average molecular weight is 421 g/mol. The van der Waals surface area contributed by atoms with E-state index in [0.717, 1.165) is 17.1 Å². The molecule has 30 heavy (non-hydrogen) atoms. The molecule has 7 nitrogen and oxygen atoms in total. The van der Waals surface area contributed by atoms with Gasteiger partial charge in [-0.25, -0.2) is 4.68 Å². The molecule has 0 bridgehead atoms. The van der Waals surface area contributed by atoms with Crippen molar-refractivity contribution in [3.63, 3.8) is 0 Å². The molecule has 1 amide bonds. The smallest absolute Gasteiger partial charge is 0.246 e. The van der Waals surface area contributed by atoms with Crippen molar-refractivity contribution in [2.24, 2.45) is 0 Å². The van der Waals surface area contributed by atoms with Crippen LogP contribution in [-0.4, -0.2) is 27.2 Å². The number of carbonyl (C=O) groups excluding carboxylic acids is 2. The first kappa shape index (κ1) is 19.6. The van der Waals surface area contributed by atoms with Crippen LogP contribution in [0.25, 0.3) is 10.8 Å². The molecule has 0 unspecified atom stereocenters. The highest BCUT2D eigenvalue weighted by Crippen LogP contribution is 2.27. The summed E-state index contributed by atoms with van der Waals surface area (Å²) in [5.74, 6) is 0.199. The van der Waals surface area contributed by atoms with Crippen molar-refractivity contribution in [3.05, 3.63) is 83.1 Å². The first-order chi connectivity index (χ1) is 14.6. The van der Waals surface area contributed by atoms with Gasteiger partial charge in [-0.3, -0.25) is 9.59 Å². The van der Waals surface area contributed by atoms with E-state index in [0.29, 0.717) is 27.7 Å². The lowest BCUT2D eigenvalue weighted by Gasteiger charge is -2.12. The van der Waals surface area contributed by atoms with Crippen LogP contribution in [0.5, 0.6) is 5.75 Å². The second kappa shape index (κ2) is 8.75. The van der Waals surface area contributed by atoms with Crippen molar-refractivity contribution in [2.75, 3.05) is 5.32 Å². The van der Waals surface area contributed by atoms with Gasteiger partial charge in [0.25, 0.3) is 0 Å². The van der Waals surface area contributed by atoms with E-state index >= 15 is 0 Å². The molecular formula is C22H17ClN4O3. The SMILES string of the molecule is O=Cc1c(OCc2cnnn2CC(=O)Nc2ccc(Cl)cc2)ccc2ccccc12. The number of benzene rings is 3. The molecule has 4 rings (SSSR count). The molecule has 1 heterocycles. The molecule has 0 saturated carbocycles. The first-order valence-electron chi connectivity index (χ1n) is 9.16. The second-order valence-corrected chi connectivity index (χ2v) is 6.98. The fourth-order valence-corrected chi connectivity index (χ4v) is 3.19. The molecule has 1 aromatic heterocycles. The predicted molar refractivity (Wildman–Crippen MR) is 114 cm³/mol. The van der Waals surface area contributed by atoms with Crippen LogP contribution in [0, 0.1) is 0 Å². The molecule has 0 radical (unpaired) electrons. The van der Waals surface area contributed by atoms with Gasteiger partial charge in [0.15, 0.2) is 6.29 Å². The number of anilines is 1. The first-order valence-corrected chi connectivity index (χ1v) is 9.54. The quantitative estimate of drug-likeness (QED) is 0.454. The average Bonchev–Trinajstić information content (AvgIpc) is 3.20. The van der Waals surface area contributed by atoms with Gasteiger partial charge in [-0.15, -0.1) is 5.10 Å². The third kappa shape index (κ3) is 4.31. The van der Waals surface area contributed by atoms with Gasteiger partial charge in [-0.2, -0.15) is 0 Å². The van der Waals surface area contributed by atoms with Crippen LogP contribution in [0.15, 0.2) is 66.9 Å². The third-order valence-corrected chi connectivity index (χ3v) is 4.80. The topological polar surface area (TPSA) is 86.1 Å². The normalized spacial score (nSPS) is 10.7. The Morgan fingerprint density at radius 1 is 1.10 bits per heavy atom. The van der Waals surface area contributed by atoms with E-state index in [2.05, 4.69) is 15.6 Å². The van der Waals surface area contributed by atoms with Crippen LogP contribution in [0.4, 0.5) is 5.69 Å². The fourth-order valence-electron chi connectivity index (χ4n) is 3.07. The molecule has 1 N–H and O–H groups in total. The number of ether oxygens (including phenoxy) is 1. The van der Waals surface area contributed by atoms with Crippen molar-refractivity contribution in [3.8, 4) is 5.75 Å². The molecular weight excluding hydrogens is 404 g/mol. The number of amides is 1. The van der Waals surface area contributed by atoms with E-state index in [-0.39, 0.29) is 19.1 Å². The largest absolute Gasteiger partial charge is 0.486 e. The summed E-state index contributed by atoms with van der Waals surface area (Å²) in [6.45, 7) is 0.0833. The highest BCUT2D eigenvalue weighted by atomic mass is 35.5. The Balaban J connectivity index is 1.45. The molecule has 0 spiro atoms. The zero-order valence-electron chi connectivity index (χ0n) is 15.8. The van der Waals surface area contributed by atoms with Crippen LogP contribution in [0.3, 0.4) is 0 Å². The number of nitrogens with zero attached hydrogens (tertiary/aromatic N) is 3. The van der Waals surface area contributed by atoms with Crippen LogP contribution in [0.2, 0.25) is 5.02 Å². The van der Waals surface area contributed by atoms with Crippen molar-refractivity contribution in [1.82, 2.24) is 15.0 Å². The maximum atomic E-state index is 12.3. The summed E-state index contributed by atoms with van der Waals surface area (Å²) in [6, 6.07) is 18.1. The van der Waals surface area contributed by atoms with Gasteiger partial charge in [0.2, 0.25) is 5.91 Å². The lowest BCUT2D eigenvalue weighted by atomic mass is 10.0. The number of hydrogen-bond donors (Lipinski definition) is 1. The molecule has 0 aliphatic carbocycles. The van der Waals surface area contributed by atoms with Gasteiger partial charge >= 0.3 is 0 Å². The van der Waals surface area contributed by atoms with E-state index in [9.17, 15) is 9.59 Å². The number of aromatic nitrogens is 3. The van der Waals surface area contributed by atoms with Gasteiger partial charge in [0.1, 0.15) is 18.9 Å². The van der Waals surface area contributed by atoms with Crippen molar-refractivity contribution in [1.29, 1.82) is 0 Å². The summed E-state index contributed by atoms with van der Waals surface area (Å²) in [4.78, 5) is 24.0. The van der Waals surface area contributed by atoms with Crippen molar-refractivity contribution in [2.45, 2.75) is 13.2 Å². The van der Waals surface area contributed by atoms with Gasteiger partial charge in [-0.1, -0.05) is 47.1 Å². The van der Waals surface area contributed by atoms with Gasteiger partial charge in [0.05, 0.1) is 17.5 Å². The molecule has 3 aromatic carbocycles. The van der Waals surface area contributed by atoms with Crippen LogP contribution in [-0.2, 0) is 17.9 Å². The minimum Gasteiger partial charge on any atom is -0.486 e. The van der Waals surface area contributed by atoms with E-state index in [1.165, 1.54) is 10.9 Å². The lowest BCUT2D eigenvalue weighted by Crippen LogP contribution is -2.21. The van der Waals surface area contributed by atoms with E-state index in [1.807, 2.05) is 30.3 Å². The summed E-state index contributed by atoms with van der Waals surface area (Å²) < 4.78 is 7.31. The summed E-state index contributed by atoms with van der Waals surface area (Å²) in [5, 5.41) is 13.0. The number of aldehydes is 1. The lowest BCUT2D eigenvalue weighted by molar-refractivity contribution is -0.117. The maximum Gasteiger partial charge on any atom is 0.246 e. The number of nitrogens with one attached hydrogen (secondary N) is 1. The molecule has 0 saturated heterocycles. The number of fused-ring (bicyclic) bond motifs is 1. The minimum atomic E-state index is -0.261. The van der Waals surface area contributed by atoms with Gasteiger partial charge in [-0.05, 0) is 41.1 Å².